The largest absolute Gasteiger partial charge is 0.382 e. The zero-order chi connectivity index (χ0) is 23.1. The third-order valence-electron chi connectivity index (χ3n) is 6.65. The number of anilines is 1. The lowest BCUT2D eigenvalue weighted by molar-refractivity contribution is 0.0937. The van der Waals surface area contributed by atoms with E-state index in [1.807, 2.05) is 9.13 Å². The van der Waals surface area contributed by atoms with E-state index >= 15 is 0 Å². The summed E-state index contributed by atoms with van der Waals surface area (Å²) in [6.45, 7) is 2.11. The van der Waals surface area contributed by atoms with Crippen LogP contribution in [0, 0.1) is 0 Å². The van der Waals surface area contributed by atoms with Gasteiger partial charge in [-0.05, 0) is 50.5 Å². The van der Waals surface area contributed by atoms with E-state index in [1.54, 1.807) is 29.4 Å². The number of thioether (sulfide) groups is 1. The summed E-state index contributed by atoms with van der Waals surface area (Å²) in [6, 6.07) is 0. The number of ether oxygens (including phenoxy) is 1. The van der Waals surface area contributed by atoms with E-state index in [4.69, 9.17) is 15.5 Å². The van der Waals surface area contributed by atoms with Crippen LogP contribution < -0.4 is 11.3 Å². The average Bonchev–Trinajstić information content (AvgIpc) is 3.58. The van der Waals surface area contributed by atoms with Gasteiger partial charge in [0.05, 0.1) is 24.4 Å². The van der Waals surface area contributed by atoms with Crippen molar-refractivity contribution >= 4 is 50.3 Å². The smallest absolute Gasteiger partial charge is 0.263 e. The third kappa shape index (κ3) is 3.99. The average molecular weight is 498 g/mol. The summed E-state index contributed by atoms with van der Waals surface area (Å²) in [4.78, 5) is 33.6. The third-order valence-corrected chi connectivity index (χ3v) is 8.90. The van der Waals surface area contributed by atoms with E-state index in [0.29, 0.717) is 17.9 Å². The molecule has 1 aliphatic carbocycles. The lowest BCUT2D eigenvalue weighted by atomic mass is 9.97. The number of nitrogens with two attached hydrogens (primary N) is 1. The van der Waals surface area contributed by atoms with Crippen molar-refractivity contribution in [2.75, 3.05) is 18.1 Å². The quantitative estimate of drug-likeness (QED) is 0.235. The van der Waals surface area contributed by atoms with E-state index < -0.39 is 0 Å². The number of hydrogen-bond acceptors (Lipinski definition) is 9. The van der Waals surface area contributed by atoms with Crippen molar-refractivity contribution in [2.24, 2.45) is 0 Å². The van der Waals surface area contributed by atoms with Gasteiger partial charge in [0.1, 0.15) is 16.7 Å². The van der Waals surface area contributed by atoms with Crippen LogP contribution in [-0.2, 0) is 30.7 Å². The summed E-state index contributed by atoms with van der Waals surface area (Å²) in [5, 5.41) is 1.65. The first kappa shape index (κ1) is 22.0. The van der Waals surface area contributed by atoms with E-state index in [1.165, 1.54) is 23.2 Å². The van der Waals surface area contributed by atoms with Crippen molar-refractivity contribution in [3.63, 3.8) is 0 Å². The van der Waals surface area contributed by atoms with E-state index in [-0.39, 0.29) is 11.7 Å². The molecule has 0 spiro atoms. The maximum Gasteiger partial charge on any atom is 0.263 e. The fourth-order valence-electron chi connectivity index (χ4n) is 4.94. The minimum absolute atomic E-state index is 0.0909. The normalized spacial score (nSPS) is 18.2. The van der Waals surface area contributed by atoms with Gasteiger partial charge in [0.25, 0.3) is 5.56 Å². The molecule has 2 aliphatic rings. The van der Waals surface area contributed by atoms with Gasteiger partial charge in [-0.1, -0.05) is 11.8 Å². The molecule has 0 radical (unpaired) electrons. The number of aryl methyl sites for hydroxylation is 3. The molecule has 1 unspecified atom stereocenters. The second kappa shape index (κ2) is 9.27. The first-order chi connectivity index (χ1) is 16.7. The molecule has 11 heteroatoms. The minimum Gasteiger partial charge on any atom is -0.382 e. The molecule has 4 aromatic heterocycles. The Kier molecular flexibility index (Phi) is 6.00. The van der Waals surface area contributed by atoms with Crippen LogP contribution in [-0.4, -0.2) is 47.5 Å². The number of imidazole rings is 1. The number of nitrogen functional groups attached to an aromatic ring is 1. The Morgan fingerprint density at radius 2 is 2.12 bits per heavy atom. The number of rotatable bonds is 7. The van der Waals surface area contributed by atoms with Crippen molar-refractivity contribution < 1.29 is 4.74 Å². The Bertz CT molecular complexity index is 1400. The molecule has 1 fully saturated rings. The number of aromatic nitrogens is 6. The van der Waals surface area contributed by atoms with Crippen molar-refractivity contribution in [1.29, 1.82) is 0 Å². The fourth-order valence-corrected chi connectivity index (χ4v) is 7.18. The van der Waals surface area contributed by atoms with Crippen LogP contribution in [0.1, 0.15) is 42.5 Å². The summed E-state index contributed by atoms with van der Waals surface area (Å²) >= 11 is 3.36. The number of fused-ring (bicyclic) bond motifs is 4. The second-order valence-electron chi connectivity index (χ2n) is 8.91. The maximum atomic E-state index is 13.7. The molecule has 34 heavy (non-hydrogen) atoms. The van der Waals surface area contributed by atoms with Gasteiger partial charge < -0.3 is 15.0 Å². The number of thiophene rings is 1. The highest BCUT2D eigenvalue weighted by atomic mass is 32.2. The van der Waals surface area contributed by atoms with Crippen LogP contribution in [0.5, 0.6) is 0 Å². The highest BCUT2D eigenvalue weighted by Gasteiger charge is 2.24. The minimum atomic E-state index is 0.0909. The Labute approximate surface area is 204 Å². The Balaban J connectivity index is 1.25. The Hall–Kier alpha value is -2.50. The summed E-state index contributed by atoms with van der Waals surface area (Å²) < 4.78 is 9.75. The highest BCUT2D eigenvalue weighted by Crippen LogP contribution is 2.35. The first-order valence-corrected chi connectivity index (χ1v) is 13.7. The fraction of sp³-hybridized carbons (Fsp3) is 0.522. The molecular formula is C23H27N7O2S2. The summed E-state index contributed by atoms with van der Waals surface area (Å²) in [7, 11) is 0. The molecule has 1 saturated heterocycles. The van der Waals surface area contributed by atoms with Crippen LogP contribution in [0.4, 0.5) is 5.82 Å². The van der Waals surface area contributed by atoms with Crippen molar-refractivity contribution in [3.8, 4) is 0 Å². The molecule has 4 aromatic rings. The van der Waals surface area contributed by atoms with Crippen molar-refractivity contribution in [1.82, 2.24) is 29.1 Å². The van der Waals surface area contributed by atoms with Crippen LogP contribution in [0.3, 0.4) is 0 Å². The lowest BCUT2D eigenvalue weighted by Crippen LogP contribution is -2.29. The molecule has 0 saturated carbocycles. The van der Waals surface area contributed by atoms with Gasteiger partial charge in [-0.2, -0.15) is 0 Å². The van der Waals surface area contributed by atoms with Crippen LogP contribution >= 0.6 is 23.1 Å². The molecule has 6 rings (SSSR count). The van der Waals surface area contributed by atoms with Crippen LogP contribution in [0.15, 0.2) is 22.6 Å². The van der Waals surface area contributed by atoms with E-state index in [9.17, 15) is 4.79 Å². The van der Waals surface area contributed by atoms with Crippen LogP contribution in [0.25, 0.3) is 21.4 Å². The van der Waals surface area contributed by atoms with E-state index in [2.05, 4.69) is 15.0 Å². The molecular weight excluding hydrogens is 470 g/mol. The second-order valence-corrected chi connectivity index (χ2v) is 11.1. The number of nitrogens with zero attached hydrogens (tertiary/aromatic N) is 6. The molecule has 0 amide bonds. The summed E-state index contributed by atoms with van der Waals surface area (Å²) in [5.74, 6) is 1.22. The zero-order valence-electron chi connectivity index (χ0n) is 18.9. The van der Waals surface area contributed by atoms with Gasteiger partial charge in [-0.25, -0.2) is 19.9 Å². The van der Waals surface area contributed by atoms with Gasteiger partial charge in [-0.3, -0.25) is 9.36 Å². The standard InChI is InChI=1S/C23H27N7O2S2/c24-19-18-20(26-12-25-19)29(13-27-18)8-4-10-33-23-28-21-17(15-6-1-2-7-16(15)34-21)22(31)30(23)11-14-5-3-9-32-14/h12-14H,1-11H2,(H2,24,25,26). The molecule has 1 aliphatic heterocycles. The van der Waals surface area contributed by atoms with Crippen molar-refractivity contribution in [2.45, 2.75) is 69.3 Å². The highest BCUT2D eigenvalue weighted by molar-refractivity contribution is 7.99. The van der Waals surface area contributed by atoms with E-state index in [0.717, 1.165) is 78.4 Å². The first-order valence-electron chi connectivity index (χ1n) is 11.9. The molecule has 5 heterocycles. The molecule has 0 aromatic carbocycles. The summed E-state index contributed by atoms with van der Waals surface area (Å²) in [6.07, 6.45) is 10.7. The molecule has 1 atom stereocenters. The maximum absolute atomic E-state index is 13.7. The van der Waals surface area contributed by atoms with Gasteiger partial charge in [0.2, 0.25) is 0 Å². The predicted octanol–water partition coefficient (Wildman–Crippen LogP) is 3.42. The van der Waals surface area contributed by atoms with Crippen LogP contribution in [0.2, 0.25) is 0 Å². The van der Waals surface area contributed by atoms with Crippen molar-refractivity contribution in [3.05, 3.63) is 33.4 Å². The van der Waals surface area contributed by atoms with Gasteiger partial charge in [0, 0.05) is 23.8 Å². The Morgan fingerprint density at radius 1 is 1.21 bits per heavy atom. The van der Waals surface area contributed by atoms with Gasteiger partial charge in [0.15, 0.2) is 16.6 Å². The topological polar surface area (TPSA) is 114 Å². The zero-order valence-corrected chi connectivity index (χ0v) is 20.5. The molecule has 178 valence electrons. The monoisotopic (exact) mass is 497 g/mol. The lowest BCUT2D eigenvalue weighted by Gasteiger charge is -2.16. The van der Waals surface area contributed by atoms with Gasteiger partial charge in [-0.15, -0.1) is 11.3 Å². The molecule has 9 nitrogen and oxygen atoms in total. The SMILES string of the molecule is Nc1ncnc2c1ncn2CCCSc1nc2sc3c(c2c(=O)n1CC1CCCO1)CCCC3. The number of hydrogen-bond donors (Lipinski definition) is 1. The summed E-state index contributed by atoms with van der Waals surface area (Å²) in [5.41, 5.74) is 8.63. The predicted molar refractivity (Wildman–Crippen MR) is 135 cm³/mol. The van der Waals surface area contributed by atoms with Gasteiger partial charge >= 0.3 is 0 Å². The molecule has 0 bridgehead atoms. The Morgan fingerprint density at radius 3 is 3.00 bits per heavy atom. The molecule has 2 N–H and O–H groups in total.